The number of nitrogens with one attached hydrogen (secondary N) is 4. The number of amides is 12. The third-order valence-corrected chi connectivity index (χ3v) is 19.7. The van der Waals surface area contributed by atoms with Crippen molar-refractivity contribution in [3.05, 3.63) is 98.6 Å². The summed E-state index contributed by atoms with van der Waals surface area (Å²) in [4.78, 5) is 186. The minimum atomic E-state index is -3.31. The predicted molar refractivity (Wildman–Crippen MR) is 385 cm³/mol. The molecule has 0 aromatic heterocycles. The molecular formula is C73H105F2IN12O13. The molecule has 2 fully saturated rings. The summed E-state index contributed by atoms with van der Waals surface area (Å²) in [7, 11) is 10.8. The molecule has 3 aromatic rings. The van der Waals surface area contributed by atoms with E-state index in [9.17, 15) is 38.4 Å². The van der Waals surface area contributed by atoms with Gasteiger partial charge in [0.05, 0.1) is 39.7 Å². The summed E-state index contributed by atoms with van der Waals surface area (Å²) >= 11 is 2.11. The van der Waals surface area contributed by atoms with Crippen LogP contribution in [0.3, 0.4) is 0 Å². The minimum absolute atomic E-state index is 0.0179. The van der Waals surface area contributed by atoms with E-state index in [1.165, 1.54) is 75.2 Å². The molecule has 2 heterocycles. The smallest absolute Gasteiger partial charge is 0.265 e. The molecule has 2 aliphatic rings. The van der Waals surface area contributed by atoms with Crippen LogP contribution in [0.5, 0.6) is 5.75 Å². The number of hydrogen-bond acceptors (Lipinski definition) is 13. The second-order valence-electron chi connectivity index (χ2n) is 28.4. The second-order valence-corrected chi connectivity index (χ2v) is 29.7. The minimum Gasteiger partial charge on any atom is -0.497 e. The average Bonchev–Trinajstić information content (AvgIpc) is 0.805. The molecular weight excluding hydrogens is 1420 g/mol. The van der Waals surface area contributed by atoms with Crippen LogP contribution in [0.1, 0.15) is 116 Å². The Hall–Kier alpha value is -8.31. The van der Waals surface area contributed by atoms with Crippen molar-refractivity contribution in [3.63, 3.8) is 0 Å². The molecule has 1 unspecified atom stereocenters. The molecule has 556 valence electrons. The van der Waals surface area contributed by atoms with Crippen molar-refractivity contribution in [1.82, 2.24) is 60.5 Å². The quantitative estimate of drug-likeness (QED) is 0.162. The van der Waals surface area contributed by atoms with Crippen LogP contribution < -0.4 is 26.0 Å². The van der Waals surface area contributed by atoms with Gasteiger partial charge in [0.25, 0.3) is 5.92 Å². The van der Waals surface area contributed by atoms with Crippen LogP contribution >= 0.6 is 22.6 Å². The van der Waals surface area contributed by atoms with Crippen molar-refractivity contribution in [2.24, 2.45) is 17.8 Å². The van der Waals surface area contributed by atoms with Crippen LogP contribution in [-0.4, -0.2) is 253 Å². The summed E-state index contributed by atoms with van der Waals surface area (Å²) in [6, 6.07) is 11.1. The molecule has 28 heteroatoms. The first-order valence-electron chi connectivity index (χ1n) is 34.3. The van der Waals surface area contributed by atoms with Gasteiger partial charge < -0.3 is 65.2 Å². The van der Waals surface area contributed by atoms with Crippen LogP contribution in [-0.2, 0) is 76.8 Å². The van der Waals surface area contributed by atoms with Crippen molar-refractivity contribution in [2.45, 2.75) is 174 Å². The molecule has 0 saturated carbocycles. The van der Waals surface area contributed by atoms with Gasteiger partial charge in [-0.05, 0) is 121 Å². The fraction of sp³-hybridized carbons (Fsp3) is 0.589. The normalized spacial score (nSPS) is 23.6. The second kappa shape index (κ2) is 37.0. The number of hydrogen-bond donors (Lipinski definition) is 4. The Bertz CT molecular complexity index is 3450. The molecule has 8 atom stereocenters. The van der Waals surface area contributed by atoms with E-state index in [4.69, 9.17) is 4.74 Å². The van der Waals surface area contributed by atoms with E-state index in [1.54, 1.807) is 96.1 Å². The molecule has 2 saturated heterocycles. The van der Waals surface area contributed by atoms with Gasteiger partial charge in [-0.15, -0.1) is 0 Å². The average molecular weight is 1520 g/mol. The fourth-order valence-electron chi connectivity index (χ4n) is 12.1. The van der Waals surface area contributed by atoms with Crippen LogP contribution in [0.25, 0.3) is 0 Å². The van der Waals surface area contributed by atoms with Crippen molar-refractivity contribution in [1.29, 1.82) is 0 Å². The van der Waals surface area contributed by atoms with E-state index in [1.807, 2.05) is 25.1 Å². The summed E-state index contributed by atoms with van der Waals surface area (Å²) in [6.45, 7) is 12.4. The van der Waals surface area contributed by atoms with E-state index in [0.29, 0.717) is 28.9 Å². The van der Waals surface area contributed by atoms with Gasteiger partial charge in [-0.3, -0.25) is 57.5 Å². The molecule has 0 aliphatic carbocycles. The van der Waals surface area contributed by atoms with Crippen LogP contribution in [0.4, 0.5) is 8.78 Å². The lowest BCUT2D eigenvalue weighted by Crippen LogP contribution is -2.64. The summed E-state index contributed by atoms with van der Waals surface area (Å²) < 4.78 is 36.6. The monoisotopic (exact) mass is 1520 g/mol. The number of alkyl halides is 2. The van der Waals surface area contributed by atoms with E-state index in [-0.39, 0.29) is 56.9 Å². The lowest BCUT2D eigenvalue weighted by atomic mass is 9.95. The van der Waals surface area contributed by atoms with Gasteiger partial charge in [0.1, 0.15) is 53.6 Å². The van der Waals surface area contributed by atoms with Gasteiger partial charge in [-0.2, -0.15) is 0 Å². The van der Waals surface area contributed by atoms with Gasteiger partial charge >= 0.3 is 0 Å². The molecule has 3 aromatic carbocycles. The van der Waals surface area contributed by atoms with Crippen molar-refractivity contribution in [3.8, 4) is 5.75 Å². The molecule has 2 aliphatic heterocycles. The van der Waals surface area contributed by atoms with Gasteiger partial charge in [0.2, 0.25) is 70.9 Å². The summed E-state index contributed by atoms with van der Waals surface area (Å²) in [5.74, 6) is -13.5. The largest absolute Gasteiger partial charge is 0.497 e. The third-order valence-electron chi connectivity index (χ3n) is 19.0. The number of nitrogens with zero attached hydrogens (tertiary/aromatic N) is 8. The Balaban J connectivity index is 1.67. The number of carbonyl (C=O) groups excluding carboxylic acids is 12. The first kappa shape index (κ1) is 83.4. The zero-order chi connectivity index (χ0) is 75.7. The van der Waals surface area contributed by atoms with Crippen LogP contribution in [0.2, 0.25) is 0 Å². The predicted octanol–water partition coefficient (Wildman–Crippen LogP) is 4.47. The summed E-state index contributed by atoms with van der Waals surface area (Å²) in [6.07, 6.45) is -1.44. The molecule has 5 rings (SSSR count). The molecule has 0 radical (unpaired) electrons. The Morgan fingerprint density at radius 1 is 0.604 bits per heavy atom. The number of likely N-dealkylation sites (tertiary alicyclic amines) is 1. The number of carbonyl (C=O) groups is 12. The van der Waals surface area contributed by atoms with Gasteiger partial charge in [-0.1, -0.05) is 102 Å². The summed E-state index contributed by atoms with van der Waals surface area (Å²) in [5.41, 5.74) is 0.887. The van der Waals surface area contributed by atoms with Crippen LogP contribution in [0.15, 0.2) is 72.8 Å². The number of piperidine rings is 1. The highest BCUT2D eigenvalue weighted by Gasteiger charge is 2.46. The number of ether oxygens (including phenoxy) is 1. The SMILES string of the molecule is CC[C@H](C)[C@@H]1NC(=O)[C@H](CC(C)C)N(C)C(=O)CC(C(=O)N2CCCC(F)(F)C2)N(C)C(=O)[C@H](CC(C)C)NC(=O)C(C)(C)N(C)C(=O)[C@H](Cc2ccc(OC)cc2)NC(=O)[C@H](Cc2cccc(I)c2)NC(=O)CN(C)C(=O)[C@H](Cc2ccc(C)cc2)N(C)C(=O)CN(C)C(=O)CN(C)C1=O. The lowest BCUT2D eigenvalue weighted by molar-refractivity contribution is -0.156. The highest BCUT2D eigenvalue weighted by atomic mass is 127. The highest BCUT2D eigenvalue weighted by molar-refractivity contribution is 14.1. The Morgan fingerprint density at radius 2 is 1.18 bits per heavy atom. The Labute approximate surface area is 607 Å². The van der Waals surface area contributed by atoms with Crippen molar-refractivity contribution >= 4 is 93.5 Å². The lowest BCUT2D eigenvalue weighted by Gasteiger charge is -2.40. The number of likely N-dealkylation sites (N-methyl/N-ethyl adjacent to an activating group) is 7. The van der Waals surface area contributed by atoms with Gasteiger partial charge in [-0.25, -0.2) is 8.78 Å². The first-order valence-corrected chi connectivity index (χ1v) is 35.4. The zero-order valence-corrected chi connectivity index (χ0v) is 63.8. The standard InChI is InChI=1S/C73H105F2IN12O13/c1-18-47(7)63-70(99)83(12)41-61(91)81(10)42-62(92)85(14)57(38-49-25-23-46(6)24-26-49)68(97)82(11)40-59(89)77-53(37-50-21-19-22-51(76)35-50)64(93)78-55(36-48-27-29-52(101-17)30-28-48)67(96)87(16)72(8,9)71(100)79-54(33-44(2)3)66(95)86(15)58(69(98)88-32-20-31-73(74,75)43-88)39-60(90)84(13)56(34-45(4)5)65(94)80-63/h19,21-30,35,44-45,47,53-58,63H,18,20,31-34,36-43H2,1-17H3,(H,77,89)(H,78,93)(H,79,100)(H,80,94)/t47-,53-,54-,55-,56-,57-,58?,63-/m0/s1. The number of aryl methyl sites for hydroxylation is 1. The van der Waals surface area contributed by atoms with E-state index < -0.39 is 170 Å². The number of benzene rings is 3. The fourth-order valence-corrected chi connectivity index (χ4v) is 12.7. The van der Waals surface area contributed by atoms with Crippen LogP contribution in [0, 0.1) is 28.2 Å². The van der Waals surface area contributed by atoms with E-state index in [2.05, 4.69) is 43.9 Å². The molecule has 0 bridgehead atoms. The third kappa shape index (κ3) is 23.4. The Morgan fingerprint density at radius 3 is 1.76 bits per heavy atom. The van der Waals surface area contributed by atoms with Gasteiger partial charge in [0.15, 0.2) is 0 Å². The van der Waals surface area contributed by atoms with Crippen molar-refractivity contribution < 1.29 is 71.1 Å². The van der Waals surface area contributed by atoms with E-state index in [0.717, 1.165) is 43.4 Å². The number of methoxy groups -OCH3 is 1. The first-order chi connectivity index (χ1) is 47.2. The maximum absolute atomic E-state index is 15.3. The molecule has 25 nitrogen and oxygen atoms in total. The topological polar surface area (TPSA) is 288 Å². The zero-order valence-electron chi connectivity index (χ0n) is 61.6. The molecule has 12 amide bonds. The van der Waals surface area contributed by atoms with Gasteiger partial charge in [0, 0.05) is 85.1 Å². The summed E-state index contributed by atoms with van der Waals surface area (Å²) in [5, 5.41) is 11.3. The van der Waals surface area contributed by atoms with Crippen molar-refractivity contribution in [2.75, 3.05) is 89.2 Å². The number of rotatable bonds is 14. The number of halogens is 3. The highest BCUT2D eigenvalue weighted by Crippen LogP contribution is 2.29. The maximum Gasteiger partial charge on any atom is 0.265 e. The Kier molecular flexibility index (Phi) is 30.6. The molecule has 4 N–H and O–H groups in total. The molecule has 0 spiro atoms. The van der Waals surface area contributed by atoms with E-state index >= 15 is 28.0 Å². The molecule has 101 heavy (non-hydrogen) atoms. The maximum atomic E-state index is 15.3.